The topological polar surface area (TPSA) is 55.1 Å². The number of imidazole rings is 1. The van der Waals surface area contributed by atoms with Crippen molar-refractivity contribution in [1.82, 2.24) is 9.55 Å². The molecule has 1 heterocycles. The summed E-state index contributed by atoms with van der Waals surface area (Å²) in [5.74, 6) is -0.806. The zero-order chi connectivity index (χ0) is 13.8. The highest BCUT2D eigenvalue weighted by Gasteiger charge is 2.13. The lowest BCUT2D eigenvalue weighted by atomic mass is 10.1. The van der Waals surface area contributed by atoms with Crippen LogP contribution < -0.4 is 0 Å². The fourth-order valence-corrected chi connectivity index (χ4v) is 2.59. The van der Waals surface area contributed by atoms with Gasteiger partial charge >= 0.3 is 5.97 Å². The SMILES string of the molecule is Cc1ccc(C(C)n2ccnc2SCC(=O)O)cc1. The molecule has 2 aromatic rings. The number of carboxylic acid groups (broad SMARTS) is 1. The van der Waals surface area contributed by atoms with Gasteiger partial charge in [0.05, 0.1) is 11.8 Å². The number of nitrogens with zero attached hydrogens (tertiary/aromatic N) is 2. The van der Waals surface area contributed by atoms with E-state index in [2.05, 4.69) is 43.1 Å². The van der Waals surface area contributed by atoms with Crippen LogP contribution in [0.2, 0.25) is 0 Å². The van der Waals surface area contributed by atoms with E-state index in [4.69, 9.17) is 5.11 Å². The molecule has 1 N–H and O–H groups in total. The van der Waals surface area contributed by atoms with Gasteiger partial charge in [0.1, 0.15) is 0 Å². The monoisotopic (exact) mass is 276 g/mol. The van der Waals surface area contributed by atoms with Crippen LogP contribution in [0.25, 0.3) is 0 Å². The van der Waals surface area contributed by atoms with Crippen LogP contribution in [0, 0.1) is 6.92 Å². The Hall–Kier alpha value is -1.75. The summed E-state index contributed by atoms with van der Waals surface area (Å²) in [6.45, 7) is 4.14. The van der Waals surface area contributed by atoms with Gasteiger partial charge in [-0.1, -0.05) is 41.6 Å². The molecule has 1 aromatic heterocycles. The predicted octanol–water partition coefficient (Wildman–Crippen LogP) is 2.98. The number of aliphatic carboxylic acids is 1. The molecule has 4 nitrogen and oxygen atoms in total. The summed E-state index contributed by atoms with van der Waals surface area (Å²) < 4.78 is 2.00. The van der Waals surface area contributed by atoms with Gasteiger partial charge in [0.25, 0.3) is 0 Å². The van der Waals surface area contributed by atoms with Gasteiger partial charge in [-0.25, -0.2) is 4.98 Å². The molecule has 0 radical (unpaired) electrons. The van der Waals surface area contributed by atoms with E-state index in [9.17, 15) is 4.79 Å². The van der Waals surface area contributed by atoms with Gasteiger partial charge in [-0.2, -0.15) is 0 Å². The number of hydrogen-bond donors (Lipinski definition) is 1. The van der Waals surface area contributed by atoms with Gasteiger partial charge in [0.15, 0.2) is 5.16 Å². The Morgan fingerprint density at radius 1 is 1.42 bits per heavy atom. The summed E-state index contributed by atoms with van der Waals surface area (Å²) in [6.07, 6.45) is 3.59. The quantitative estimate of drug-likeness (QED) is 0.853. The molecule has 0 saturated heterocycles. The molecule has 5 heteroatoms. The Balaban J connectivity index is 2.19. The maximum atomic E-state index is 10.6. The zero-order valence-corrected chi connectivity index (χ0v) is 11.7. The van der Waals surface area contributed by atoms with Crippen LogP contribution in [0.4, 0.5) is 0 Å². The molecule has 0 bridgehead atoms. The Kier molecular flexibility index (Phi) is 4.27. The minimum atomic E-state index is -0.831. The van der Waals surface area contributed by atoms with Crippen LogP contribution in [0.5, 0.6) is 0 Å². The number of rotatable bonds is 5. The van der Waals surface area contributed by atoms with Crippen LogP contribution in [-0.2, 0) is 4.79 Å². The number of benzene rings is 1. The highest BCUT2D eigenvalue weighted by atomic mass is 32.2. The van der Waals surface area contributed by atoms with Crippen molar-refractivity contribution in [3.63, 3.8) is 0 Å². The third kappa shape index (κ3) is 3.38. The minimum absolute atomic E-state index is 0.0254. The van der Waals surface area contributed by atoms with E-state index in [0.717, 1.165) is 5.16 Å². The van der Waals surface area contributed by atoms with Crippen LogP contribution in [0.1, 0.15) is 24.1 Å². The molecule has 0 aliphatic carbocycles. The molecule has 1 unspecified atom stereocenters. The van der Waals surface area contributed by atoms with Crippen LogP contribution >= 0.6 is 11.8 Å². The van der Waals surface area contributed by atoms with Crippen LogP contribution in [0.3, 0.4) is 0 Å². The molecule has 0 aliphatic heterocycles. The van der Waals surface area contributed by atoms with Crippen molar-refractivity contribution < 1.29 is 9.90 Å². The van der Waals surface area contributed by atoms with Gasteiger partial charge in [-0.3, -0.25) is 4.79 Å². The van der Waals surface area contributed by atoms with E-state index in [1.165, 1.54) is 22.9 Å². The second kappa shape index (κ2) is 5.93. The summed E-state index contributed by atoms with van der Waals surface area (Å²) >= 11 is 1.24. The van der Waals surface area contributed by atoms with Gasteiger partial charge < -0.3 is 9.67 Å². The van der Waals surface area contributed by atoms with Crippen molar-refractivity contribution in [3.8, 4) is 0 Å². The van der Waals surface area contributed by atoms with Crippen molar-refractivity contribution in [2.24, 2.45) is 0 Å². The summed E-state index contributed by atoms with van der Waals surface area (Å²) in [6, 6.07) is 8.47. The Morgan fingerprint density at radius 2 is 2.11 bits per heavy atom. The van der Waals surface area contributed by atoms with E-state index in [1.807, 2.05) is 10.8 Å². The molecular weight excluding hydrogens is 260 g/mol. The maximum absolute atomic E-state index is 10.6. The molecule has 0 aliphatic rings. The predicted molar refractivity (Wildman–Crippen MR) is 75.6 cm³/mol. The lowest BCUT2D eigenvalue weighted by Crippen LogP contribution is -2.08. The highest BCUT2D eigenvalue weighted by Crippen LogP contribution is 2.24. The van der Waals surface area contributed by atoms with Crippen LogP contribution in [0.15, 0.2) is 41.8 Å². The second-order valence-electron chi connectivity index (χ2n) is 4.39. The lowest BCUT2D eigenvalue weighted by Gasteiger charge is -2.16. The Labute approximate surface area is 116 Å². The van der Waals surface area contributed by atoms with E-state index in [0.29, 0.717) is 0 Å². The van der Waals surface area contributed by atoms with Crippen LogP contribution in [-0.4, -0.2) is 26.4 Å². The number of carboxylic acids is 1. The fourth-order valence-electron chi connectivity index (χ4n) is 1.84. The first-order chi connectivity index (χ1) is 9.08. The summed E-state index contributed by atoms with van der Waals surface area (Å²) in [5.41, 5.74) is 2.41. The molecular formula is C14H16N2O2S. The smallest absolute Gasteiger partial charge is 0.313 e. The van der Waals surface area contributed by atoms with E-state index in [1.54, 1.807) is 6.20 Å². The minimum Gasteiger partial charge on any atom is -0.481 e. The van der Waals surface area contributed by atoms with Crippen molar-refractivity contribution >= 4 is 17.7 Å². The first-order valence-corrected chi connectivity index (χ1v) is 7.00. The second-order valence-corrected chi connectivity index (χ2v) is 5.33. The van der Waals surface area contributed by atoms with Gasteiger partial charge in [-0.15, -0.1) is 0 Å². The largest absolute Gasteiger partial charge is 0.481 e. The molecule has 0 saturated carbocycles. The van der Waals surface area contributed by atoms with Gasteiger partial charge in [-0.05, 0) is 19.4 Å². The van der Waals surface area contributed by atoms with E-state index < -0.39 is 5.97 Å². The molecule has 100 valence electrons. The molecule has 2 rings (SSSR count). The number of thioether (sulfide) groups is 1. The third-order valence-corrected chi connectivity index (χ3v) is 3.90. The van der Waals surface area contributed by atoms with E-state index in [-0.39, 0.29) is 11.8 Å². The highest BCUT2D eigenvalue weighted by molar-refractivity contribution is 7.99. The molecule has 0 amide bonds. The van der Waals surface area contributed by atoms with Gasteiger partial charge in [0.2, 0.25) is 0 Å². The lowest BCUT2D eigenvalue weighted by molar-refractivity contribution is -0.133. The molecule has 19 heavy (non-hydrogen) atoms. The zero-order valence-electron chi connectivity index (χ0n) is 10.9. The number of aromatic nitrogens is 2. The maximum Gasteiger partial charge on any atom is 0.313 e. The first-order valence-electron chi connectivity index (χ1n) is 6.02. The summed E-state index contributed by atoms with van der Waals surface area (Å²) in [4.78, 5) is 14.8. The average molecular weight is 276 g/mol. The Bertz CT molecular complexity index is 563. The first kappa shape index (κ1) is 13.7. The van der Waals surface area contributed by atoms with Crippen molar-refractivity contribution in [1.29, 1.82) is 0 Å². The number of hydrogen-bond acceptors (Lipinski definition) is 3. The number of aryl methyl sites for hydroxylation is 1. The summed E-state index contributed by atoms with van der Waals surface area (Å²) in [5, 5.41) is 9.46. The summed E-state index contributed by atoms with van der Waals surface area (Å²) in [7, 11) is 0. The molecule has 0 fully saturated rings. The normalized spacial score (nSPS) is 12.3. The number of carbonyl (C=O) groups is 1. The van der Waals surface area contributed by atoms with Gasteiger partial charge in [0, 0.05) is 12.4 Å². The third-order valence-electron chi connectivity index (χ3n) is 2.93. The molecule has 0 spiro atoms. The molecule has 1 aromatic carbocycles. The standard InChI is InChI=1S/C14H16N2O2S/c1-10-3-5-12(6-4-10)11(2)16-8-7-15-14(16)19-9-13(17)18/h3-8,11H,9H2,1-2H3,(H,17,18). The Morgan fingerprint density at radius 3 is 2.74 bits per heavy atom. The van der Waals surface area contributed by atoms with Crippen molar-refractivity contribution in [2.45, 2.75) is 25.0 Å². The fraction of sp³-hybridized carbons (Fsp3) is 0.286. The molecule has 1 atom stereocenters. The van der Waals surface area contributed by atoms with Crippen molar-refractivity contribution in [2.75, 3.05) is 5.75 Å². The van der Waals surface area contributed by atoms with Crippen molar-refractivity contribution in [3.05, 3.63) is 47.8 Å². The average Bonchev–Trinajstić information content (AvgIpc) is 2.84. The van der Waals surface area contributed by atoms with E-state index >= 15 is 0 Å².